The van der Waals surface area contributed by atoms with Gasteiger partial charge in [-0.3, -0.25) is 4.90 Å². The summed E-state index contributed by atoms with van der Waals surface area (Å²) in [6.07, 6.45) is 1.66. The number of H-pyrrole nitrogens is 1. The number of morpholine rings is 1. The molecule has 0 spiro atoms. The molecule has 0 bridgehead atoms. The maximum atomic E-state index is 15.0. The van der Waals surface area contributed by atoms with Gasteiger partial charge in [-0.15, -0.1) is 0 Å². The van der Waals surface area contributed by atoms with E-state index in [0.29, 0.717) is 54.6 Å². The second-order valence-electron chi connectivity index (χ2n) is 7.38. The van der Waals surface area contributed by atoms with Crippen LogP contribution in [-0.2, 0) is 10.7 Å². The minimum absolute atomic E-state index is 0.0148. The van der Waals surface area contributed by atoms with E-state index >= 15 is 8.78 Å². The molecular weight excluding hydrogens is 378 g/mol. The van der Waals surface area contributed by atoms with Crippen LogP contribution in [0.2, 0.25) is 0 Å². The number of aryl methyl sites for hydroxylation is 2. The predicted octanol–water partition coefficient (Wildman–Crippen LogP) is 3.67. The van der Waals surface area contributed by atoms with Crippen molar-refractivity contribution in [2.45, 2.75) is 19.8 Å². The number of halogens is 2. The Bertz CT molecular complexity index is 1030. The standard InChI is InChI=1S/C21H24F2N4O2/c1-13-4-5-24-20(28-3)17(13)19-25-16-11-15(10-14(2)18(16)26-19)21(22,23)12-27-6-8-29-9-7-27/h4-5,10-11H,6-9,12H2,1-3H3,(H,25,26). The Morgan fingerprint density at radius 2 is 1.97 bits per heavy atom. The molecule has 6 nitrogen and oxygen atoms in total. The number of aromatic amines is 1. The van der Waals surface area contributed by atoms with Crippen molar-refractivity contribution in [1.82, 2.24) is 19.9 Å². The molecule has 1 saturated heterocycles. The van der Waals surface area contributed by atoms with Crippen LogP contribution in [0, 0.1) is 13.8 Å². The molecule has 1 N–H and O–H groups in total. The summed E-state index contributed by atoms with van der Waals surface area (Å²) in [5, 5.41) is 0. The lowest BCUT2D eigenvalue weighted by Crippen LogP contribution is -2.42. The van der Waals surface area contributed by atoms with E-state index in [0.717, 1.165) is 11.1 Å². The van der Waals surface area contributed by atoms with Gasteiger partial charge >= 0.3 is 0 Å². The van der Waals surface area contributed by atoms with Crippen molar-refractivity contribution >= 4 is 11.0 Å². The Hall–Kier alpha value is -2.58. The Kier molecular flexibility index (Phi) is 5.23. The van der Waals surface area contributed by atoms with Gasteiger partial charge in [-0.1, -0.05) is 0 Å². The maximum absolute atomic E-state index is 15.0. The van der Waals surface area contributed by atoms with E-state index in [4.69, 9.17) is 9.47 Å². The van der Waals surface area contributed by atoms with Gasteiger partial charge in [0.2, 0.25) is 5.88 Å². The summed E-state index contributed by atoms with van der Waals surface area (Å²) in [6.45, 7) is 5.43. The fourth-order valence-corrected chi connectivity index (χ4v) is 3.73. The van der Waals surface area contributed by atoms with E-state index < -0.39 is 5.92 Å². The van der Waals surface area contributed by atoms with Crippen LogP contribution in [0.25, 0.3) is 22.4 Å². The van der Waals surface area contributed by atoms with Gasteiger partial charge in [-0.05, 0) is 43.2 Å². The van der Waals surface area contributed by atoms with Crippen molar-refractivity contribution in [2.24, 2.45) is 0 Å². The van der Waals surface area contributed by atoms with Crippen molar-refractivity contribution in [3.8, 4) is 17.3 Å². The number of ether oxygens (including phenoxy) is 2. The fraction of sp³-hybridized carbons (Fsp3) is 0.429. The molecule has 8 heteroatoms. The number of benzene rings is 1. The van der Waals surface area contributed by atoms with E-state index in [9.17, 15) is 0 Å². The number of rotatable bonds is 5. The van der Waals surface area contributed by atoms with Crippen LogP contribution in [0.4, 0.5) is 8.78 Å². The molecule has 1 aliphatic heterocycles. The molecule has 3 heterocycles. The average molecular weight is 402 g/mol. The Labute approximate surface area is 167 Å². The number of nitrogens with zero attached hydrogens (tertiary/aromatic N) is 3. The van der Waals surface area contributed by atoms with Crippen LogP contribution in [0.3, 0.4) is 0 Å². The molecule has 1 fully saturated rings. The van der Waals surface area contributed by atoms with Crippen LogP contribution >= 0.6 is 0 Å². The monoisotopic (exact) mass is 402 g/mol. The van der Waals surface area contributed by atoms with Crippen LogP contribution < -0.4 is 4.74 Å². The second kappa shape index (κ2) is 7.68. The Morgan fingerprint density at radius 3 is 2.69 bits per heavy atom. The number of fused-ring (bicyclic) bond motifs is 1. The first-order valence-electron chi connectivity index (χ1n) is 9.58. The first-order chi connectivity index (χ1) is 13.9. The van der Waals surface area contributed by atoms with E-state index in [2.05, 4.69) is 15.0 Å². The molecule has 1 aliphatic rings. The smallest absolute Gasteiger partial charge is 0.285 e. The van der Waals surface area contributed by atoms with Gasteiger partial charge in [0.1, 0.15) is 5.82 Å². The molecule has 0 unspecified atom stereocenters. The quantitative estimate of drug-likeness (QED) is 0.706. The molecule has 0 atom stereocenters. The highest BCUT2D eigenvalue weighted by Gasteiger charge is 2.35. The number of hydrogen-bond donors (Lipinski definition) is 1. The van der Waals surface area contributed by atoms with Crippen molar-refractivity contribution in [3.63, 3.8) is 0 Å². The summed E-state index contributed by atoms with van der Waals surface area (Å²) in [4.78, 5) is 13.8. The predicted molar refractivity (Wildman–Crippen MR) is 107 cm³/mol. The minimum atomic E-state index is -2.97. The topological polar surface area (TPSA) is 63.3 Å². The molecule has 154 valence electrons. The summed E-state index contributed by atoms with van der Waals surface area (Å²) in [5.41, 5.74) is 3.58. The SMILES string of the molecule is COc1nccc(C)c1-c1nc2c(C)cc(C(F)(F)CN3CCOCC3)cc2[nH]1. The van der Waals surface area contributed by atoms with Gasteiger partial charge in [0.05, 0.1) is 43.5 Å². The average Bonchev–Trinajstić information content (AvgIpc) is 3.12. The Morgan fingerprint density at radius 1 is 1.21 bits per heavy atom. The lowest BCUT2D eigenvalue weighted by atomic mass is 10.0. The summed E-state index contributed by atoms with van der Waals surface area (Å²) in [7, 11) is 1.55. The largest absolute Gasteiger partial charge is 0.480 e. The number of imidazole rings is 1. The van der Waals surface area contributed by atoms with Crippen LogP contribution in [0.5, 0.6) is 5.88 Å². The second-order valence-corrected chi connectivity index (χ2v) is 7.38. The zero-order valence-corrected chi connectivity index (χ0v) is 16.8. The van der Waals surface area contributed by atoms with Crippen molar-refractivity contribution in [3.05, 3.63) is 41.1 Å². The van der Waals surface area contributed by atoms with Gasteiger partial charge in [-0.25, -0.2) is 9.97 Å². The molecule has 4 rings (SSSR count). The highest BCUT2D eigenvalue weighted by atomic mass is 19.3. The third kappa shape index (κ3) is 3.82. The van der Waals surface area contributed by atoms with Crippen molar-refractivity contribution in [2.75, 3.05) is 40.0 Å². The van der Waals surface area contributed by atoms with Crippen LogP contribution in [-0.4, -0.2) is 59.8 Å². The third-order valence-corrected chi connectivity index (χ3v) is 5.28. The van der Waals surface area contributed by atoms with Gasteiger partial charge < -0.3 is 14.5 Å². The van der Waals surface area contributed by atoms with E-state index in [1.807, 2.05) is 13.0 Å². The normalized spacial score (nSPS) is 15.8. The summed E-state index contributed by atoms with van der Waals surface area (Å²) in [6, 6.07) is 4.89. The van der Waals surface area contributed by atoms with Gasteiger partial charge in [0.15, 0.2) is 0 Å². The van der Waals surface area contributed by atoms with Gasteiger partial charge in [0, 0.05) is 24.8 Å². The molecular formula is C21H24F2N4O2. The number of aromatic nitrogens is 3. The molecule has 1 aromatic carbocycles. The molecule has 3 aromatic rings. The van der Waals surface area contributed by atoms with Gasteiger partial charge in [0.25, 0.3) is 5.92 Å². The molecule has 29 heavy (non-hydrogen) atoms. The number of pyridine rings is 1. The van der Waals surface area contributed by atoms with E-state index in [-0.39, 0.29) is 12.1 Å². The molecule has 0 amide bonds. The zero-order chi connectivity index (χ0) is 20.6. The Balaban J connectivity index is 1.73. The van der Waals surface area contributed by atoms with Crippen molar-refractivity contribution < 1.29 is 18.3 Å². The lowest BCUT2D eigenvalue weighted by molar-refractivity contribution is -0.0616. The van der Waals surface area contributed by atoms with E-state index in [1.165, 1.54) is 12.1 Å². The summed E-state index contributed by atoms with van der Waals surface area (Å²) in [5.74, 6) is -1.97. The molecule has 2 aromatic heterocycles. The van der Waals surface area contributed by atoms with Gasteiger partial charge in [-0.2, -0.15) is 8.78 Å². The minimum Gasteiger partial charge on any atom is -0.480 e. The zero-order valence-electron chi connectivity index (χ0n) is 16.8. The first-order valence-corrected chi connectivity index (χ1v) is 9.58. The fourth-order valence-electron chi connectivity index (χ4n) is 3.73. The third-order valence-electron chi connectivity index (χ3n) is 5.28. The van der Waals surface area contributed by atoms with Crippen LogP contribution in [0.1, 0.15) is 16.7 Å². The van der Waals surface area contributed by atoms with Crippen molar-refractivity contribution in [1.29, 1.82) is 0 Å². The number of methoxy groups -OCH3 is 1. The highest BCUT2D eigenvalue weighted by Crippen LogP contribution is 2.35. The number of nitrogens with one attached hydrogen (secondary N) is 1. The number of alkyl halides is 2. The maximum Gasteiger partial charge on any atom is 0.285 e. The van der Waals surface area contributed by atoms with Crippen LogP contribution in [0.15, 0.2) is 24.4 Å². The molecule has 0 radical (unpaired) electrons. The highest BCUT2D eigenvalue weighted by molar-refractivity contribution is 5.84. The summed E-state index contributed by atoms with van der Waals surface area (Å²) < 4.78 is 40.6. The summed E-state index contributed by atoms with van der Waals surface area (Å²) >= 11 is 0. The lowest BCUT2D eigenvalue weighted by Gasteiger charge is -2.30. The first kappa shape index (κ1) is 19.7. The molecule has 0 saturated carbocycles. The molecule has 0 aliphatic carbocycles. The van der Waals surface area contributed by atoms with E-state index in [1.54, 1.807) is 25.1 Å². The number of hydrogen-bond acceptors (Lipinski definition) is 5.